The summed E-state index contributed by atoms with van der Waals surface area (Å²) in [4.78, 5) is 0. The van der Waals surface area contributed by atoms with Crippen LogP contribution in [0.25, 0.3) is 0 Å². The van der Waals surface area contributed by atoms with Gasteiger partial charge in [0.25, 0.3) is 0 Å². The number of hydrogen-bond acceptors (Lipinski definition) is 3. The molecule has 0 spiro atoms. The summed E-state index contributed by atoms with van der Waals surface area (Å²) in [6.07, 6.45) is 2.20. The van der Waals surface area contributed by atoms with E-state index < -0.39 is 8.07 Å². The average molecular weight is 334 g/mol. The van der Waals surface area contributed by atoms with Gasteiger partial charge in [0, 0.05) is 29.5 Å². The zero-order chi connectivity index (χ0) is 16.9. The van der Waals surface area contributed by atoms with Gasteiger partial charge in [-0.15, -0.1) is 6.58 Å². The van der Waals surface area contributed by atoms with Crippen molar-refractivity contribution >= 4 is 8.07 Å². The monoisotopic (exact) mass is 333 g/mol. The minimum Gasteiger partial charge on any atom is -0.494 e. The lowest BCUT2D eigenvalue weighted by molar-refractivity contribution is 0.284. The lowest BCUT2D eigenvalue weighted by atomic mass is 9.95. The normalized spacial score (nSPS) is 34.4. The summed E-state index contributed by atoms with van der Waals surface area (Å²) in [6, 6.07) is 0. The Morgan fingerprint density at radius 3 is 2.00 bits per heavy atom. The summed E-state index contributed by atoms with van der Waals surface area (Å²) in [6.45, 7) is 16.1. The Labute approximate surface area is 138 Å². The summed E-state index contributed by atoms with van der Waals surface area (Å²) >= 11 is 0. The van der Waals surface area contributed by atoms with E-state index in [4.69, 9.17) is 4.74 Å². The van der Waals surface area contributed by atoms with Crippen LogP contribution in [0, 0.1) is 0 Å². The van der Waals surface area contributed by atoms with Crippen LogP contribution in [0.3, 0.4) is 0 Å². The molecule has 0 amide bonds. The quantitative estimate of drug-likeness (QED) is 0.501. The van der Waals surface area contributed by atoms with Gasteiger partial charge in [0.15, 0.2) is 11.8 Å². The molecule has 1 aromatic heterocycles. The van der Waals surface area contributed by atoms with Gasteiger partial charge in [-0.1, -0.05) is 39.9 Å². The molecule has 4 unspecified atom stereocenters. The highest BCUT2D eigenvalue weighted by Gasteiger charge is 2.73. The SMILES string of the molecule is C=CCn1c(O)c2c(c1O)C1C3OC3C2C1[Si](C)(C)C(C)(C)C. The van der Waals surface area contributed by atoms with E-state index in [1.807, 2.05) is 0 Å². The second-order valence-electron chi connectivity index (χ2n) is 8.99. The summed E-state index contributed by atoms with van der Waals surface area (Å²) in [5.41, 5.74) is 2.46. The van der Waals surface area contributed by atoms with Gasteiger partial charge in [-0.05, 0) is 10.6 Å². The first kappa shape index (κ1) is 15.3. The molecule has 1 aromatic rings. The first-order valence-corrected chi connectivity index (χ1v) is 11.6. The average Bonchev–Trinajstić information content (AvgIpc) is 3.01. The number of aromatic nitrogens is 1. The number of rotatable bonds is 3. The third-order valence-electron chi connectivity index (χ3n) is 7.07. The molecule has 1 saturated heterocycles. The molecule has 5 heteroatoms. The van der Waals surface area contributed by atoms with Crippen molar-refractivity contribution in [2.24, 2.45) is 0 Å². The highest BCUT2D eigenvalue weighted by atomic mass is 28.3. The maximum Gasteiger partial charge on any atom is 0.198 e. The predicted molar refractivity (Wildman–Crippen MR) is 93.0 cm³/mol. The smallest absolute Gasteiger partial charge is 0.198 e. The van der Waals surface area contributed by atoms with Crippen molar-refractivity contribution in [3.8, 4) is 11.8 Å². The fourth-order valence-electron chi connectivity index (χ4n) is 5.02. The van der Waals surface area contributed by atoms with E-state index in [2.05, 4.69) is 40.4 Å². The molecule has 23 heavy (non-hydrogen) atoms. The fraction of sp³-hybridized carbons (Fsp3) is 0.667. The zero-order valence-corrected chi connectivity index (χ0v) is 15.6. The van der Waals surface area contributed by atoms with Crippen molar-refractivity contribution < 1.29 is 14.9 Å². The molecule has 0 radical (unpaired) electrons. The van der Waals surface area contributed by atoms with E-state index in [1.165, 1.54) is 0 Å². The van der Waals surface area contributed by atoms with Crippen LogP contribution >= 0.6 is 0 Å². The number of epoxide rings is 1. The molecule has 0 aromatic carbocycles. The predicted octanol–water partition coefficient (Wildman–Crippen LogP) is 3.93. The summed E-state index contributed by atoms with van der Waals surface area (Å²) in [5.74, 6) is 0.945. The number of ether oxygens (including phenoxy) is 1. The van der Waals surface area contributed by atoms with Gasteiger partial charge in [-0.2, -0.15) is 0 Å². The van der Waals surface area contributed by atoms with Crippen LogP contribution in [0.15, 0.2) is 12.7 Å². The van der Waals surface area contributed by atoms with Gasteiger partial charge in [0.05, 0.1) is 20.3 Å². The van der Waals surface area contributed by atoms with E-state index in [0.717, 1.165) is 11.1 Å². The Morgan fingerprint density at radius 2 is 1.61 bits per heavy atom. The first-order valence-electron chi connectivity index (χ1n) is 8.53. The maximum atomic E-state index is 10.7. The third kappa shape index (κ3) is 1.65. The van der Waals surface area contributed by atoms with Crippen LogP contribution < -0.4 is 0 Å². The van der Waals surface area contributed by atoms with Crippen LogP contribution in [0.1, 0.15) is 43.7 Å². The van der Waals surface area contributed by atoms with Crippen molar-refractivity contribution in [2.75, 3.05) is 0 Å². The Bertz CT molecular complexity index is 661. The van der Waals surface area contributed by atoms with E-state index >= 15 is 0 Å². The lowest BCUT2D eigenvalue weighted by Gasteiger charge is -2.45. The summed E-state index contributed by atoms with van der Waals surface area (Å²) < 4.78 is 7.49. The molecule has 4 nitrogen and oxygen atoms in total. The largest absolute Gasteiger partial charge is 0.494 e. The second-order valence-corrected chi connectivity index (χ2v) is 14.6. The van der Waals surface area contributed by atoms with E-state index in [9.17, 15) is 10.2 Å². The fourth-order valence-corrected chi connectivity index (χ4v) is 8.53. The van der Waals surface area contributed by atoms with Gasteiger partial charge in [0.1, 0.15) is 0 Å². The van der Waals surface area contributed by atoms with Gasteiger partial charge in [0.2, 0.25) is 0 Å². The minimum atomic E-state index is -1.62. The topological polar surface area (TPSA) is 57.9 Å². The standard InChI is InChI=1S/C18H27NO3Si/c1-7-8-19-16(20)9-10(17(19)21)12-14-13(22-14)11(9)15(12)23(5,6)18(2,3)4/h7,11-15,20-21H,1,8H2,2-6H3. The molecular weight excluding hydrogens is 306 g/mol. The molecule has 2 aliphatic carbocycles. The van der Waals surface area contributed by atoms with Crippen LogP contribution in [0.2, 0.25) is 23.7 Å². The van der Waals surface area contributed by atoms with Crippen LogP contribution in [-0.2, 0) is 11.3 Å². The van der Waals surface area contributed by atoms with Crippen molar-refractivity contribution in [1.29, 1.82) is 0 Å². The van der Waals surface area contributed by atoms with E-state index in [-0.39, 0.29) is 40.8 Å². The molecule has 2 heterocycles. The van der Waals surface area contributed by atoms with Crippen molar-refractivity contribution in [3.63, 3.8) is 0 Å². The number of hydrogen-bond donors (Lipinski definition) is 2. The highest BCUT2D eigenvalue weighted by Crippen LogP contribution is 2.76. The molecule has 1 aliphatic heterocycles. The first-order chi connectivity index (χ1) is 10.6. The van der Waals surface area contributed by atoms with Gasteiger partial charge >= 0.3 is 0 Å². The number of fused-ring (bicyclic) bond motifs is 8. The van der Waals surface area contributed by atoms with Crippen molar-refractivity contribution in [2.45, 2.75) is 75.0 Å². The van der Waals surface area contributed by atoms with Gasteiger partial charge in [-0.25, -0.2) is 0 Å². The summed E-state index contributed by atoms with van der Waals surface area (Å²) in [5, 5.41) is 21.7. The number of nitrogens with zero attached hydrogens (tertiary/aromatic N) is 1. The lowest BCUT2D eigenvalue weighted by Crippen LogP contribution is -2.44. The number of allylic oxidation sites excluding steroid dienone is 1. The van der Waals surface area contributed by atoms with Gasteiger partial charge in [-0.3, -0.25) is 4.57 Å². The molecule has 2 N–H and O–H groups in total. The van der Waals surface area contributed by atoms with Crippen LogP contribution in [0.4, 0.5) is 0 Å². The van der Waals surface area contributed by atoms with Crippen molar-refractivity contribution in [1.82, 2.24) is 4.57 Å². The molecular formula is C18H27NO3Si. The Morgan fingerprint density at radius 1 is 1.13 bits per heavy atom. The van der Waals surface area contributed by atoms with E-state index in [1.54, 1.807) is 10.6 Å². The Hall–Kier alpha value is -1.20. The number of aromatic hydroxyl groups is 2. The Kier molecular flexibility index (Phi) is 2.83. The zero-order valence-electron chi connectivity index (χ0n) is 14.6. The van der Waals surface area contributed by atoms with Crippen molar-refractivity contribution in [3.05, 3.63) is 23.8 Å². The van der Waals surface area contributed by atoms with Gasteiger partial charge < -0.3 is 14.9 Å². The second kappa shape index (κ2) is 4.25. The molecule has 4 rings (SSSR count). The molecule has 2 bridgehead atoms. The molecule has 126 valence electrons. The van der Waals surface area contributed by atoms with E-state index in [0.29, 0.717) is 12.1 Å². The molecule has 1 saturated carbocycles. The highest BCUT2D eigenvalue weighted by molar-refractivity contribution is 6.82. The maximum absolute atomic E-state index is 10.7. The molecule has 3 aliphatic rings. The Balaban J connectivity index is 1.86. The minimum absolute atomic E-state index is 0.225. The third-order valence-corrected chi connectivity index (χ3v) is 13.3. The summed E-state index contributed by atoms with van der Waals surface area (Å²) in [7, 11) is -1.62. The molecule has 4 atom stereocenters. The van der Waals surface area contributed by atoms with Crippen LogP contribution in [0.5, 0.6) is 11.8 Å². The van der Waals surface area contributed by atoms with Crippen LogP contribution in [-0.4, -0.2) is 35.1 Å². The molecule has 2 fully saturated rings.